The highest BCUT2D eigenvalue weighted by atomic mass is 16.6. The van der Waals surface area contributed by atoms with Crippen molar-refractivity contribution in [3.05, 3.63) is 30.4 Å². The number of imide groups is 1. The first-order valence-electron chi connectivity index (χ1n) is 8.33. The Kier molecular flexibility index (Phi) is 3.91. The smallest absolute Gasteiger partial charge is 0.244 e. The number of rotatable bonds is 3. The summed E-state index contributed by atoms with van der Waals surface area (Å²) < 4.78 is 10.9. The second kappa shape index (κ2) is 6.23. The van der Waals surface area contributed by atoms with Gasteiger partial charge in [-0.15, -0.1) is 0 Å². The number of benzene rings is 1. The van der Waals surface area contributed by atoms with Crippen LogP contribution >= 0.6 is 0 Å². The van der Waals surface area contributed by atoms with Gasteiger partial charge in [0.1, 0.15) is 19.8 Å². The molecule has 3 amide bonds. The Bertz CT molecular complexity index is 747. The number of nitrogens with one attached hydrogen (secondary N) is 1. The highest BCUT2D eigenvalue weighted by Crippen LogP contribution is 2.35. The summed E-state index contributed by atoms with van der Waals surface area (Å²) in [5, 5.41) is 2.71. The molecule has 2 atom stereocenters. The van der Waals surface area contributed by atoms with E-state index in [9.17, 15) is 14.4 Å². The number of carbonyl (C=O) groups is 3. The normalized spacial score (nSPS) is 24.2. The van der Waals surface area contributed by atoms with Crippen LogP contribution in [0.15, 0.2) is 30.4 Å². The van der Waals surface area contributed by atoms with Crippen molar-refractivity contribution in [2.75, 3.05) is 25.1 Å². The second-order valence-corrected chi connectivity index (χ2v) is 6.33. The van der Waals surface area contributed by atoms with Gasteiger partial charge < -0.3 is 14.8 Å². The Morgan fingerprint density at radius 3 is 2.36 bits per heavy atom. The van der Waals surface area contributed by atoms with Crippen molar-refractivity contribution < 1.29 is 23.9 Å². The molecule has 1 N–H and O–H groups in total. The molecule has 2 heterocycles. The number of likely N-dealkylation sites (tertiary alicyclic amines) is 1. The van der Waals surface area contributed by atoms with Gasteiger partial charge in [0.15, 0.2) is 11.5 Å². The summed E-state index contributed by atoms with van der Waals surface area (Å²) in [7, 11) is 0. The first-order valence-corrected chi connectivity index (χ1v) is 8.33. The van der Waals surface area contributed by atoms with E-state index >= 15 is 0 Å². The molecule has 4 rings (SSSR count). The number of allylic oxidation sites excluding steroid dienone is 2. The number of anilines is 1. The molecule has 0 saturated carbocycles. The van der Waals surface area contributed by atoms with E-state index in [2.05, 4.69) is 5.32 Å². The van der Waals surface area contributed by atoms with E-state index in [1.54, 1.807) is 18.2 Å². The van der Waals surface area contributed by atoms with Gasteiger partial charge in [-0.3, -0.25) is 19.3 Å². The maximum atomic E-state index is 12.4. The number of ether oxygens (including phenoxy) is 2. The van der Waals surface area contributed by atoms with Crippen LogP contribution in [0.1, 0.15) is 12.8 Å². The SMILES string of the molecule is O=C(CN1C(=O)[C@H]2CC=CC[C@H]2C1=O)Nc1ccc2c(c1)OCCO2. The van der Waals surface area contributed by atoms with Crippen LogP contribution in [-0.2, 0) is 14.4 Å². The number of fused-ring (bicyclic) bond motifs is 2. The average molecular weight is 342 g/mol. The maximum absolute atomic E-state index is 12.4. The van der Waals surface area contributed by atoms with Gasteiger partial charge in [0, 0.05) is 11.8 Å². The minimum absolute atomic E-state index is 0.253. The lowest BCUT2D eigenvalue weighted by Crippen LogP contribution is -2.38. The van der Waals surface area contributed by atoms with E-state index in [0.29, 0.717) is 43.2 Å². The fourth-order valence-electron chi connectivity index (χ4n) is 3.49. The van der Waals surface area contributed by atoms with E-state index in [4.69, 9.17) is 9.47 Å². The topological polar surface area (TPSA) is 84.9 Å². The van der Waals surface area contributed by atoms with Crippen molar-refractivity contribution in [3.63, 3.8) is 0 Å². The van der Waals surface area contributed by atoms with Crippen LogP contribution in [0.25, 0.3) is 0 Å². The summed E-state index contributed by atoms with van der Waals surface area (Å²) in [4.78, 5) is 38.1. The van der Waals surface area contributed by atoms with Crippen molar-refractivity contribution in [3.8, 4) is 11.5 Å². The van der Waals surface area contributed by atoms with Crippen LogP contribution in [0.4, 0.5) is 5.69 Å². The average Bonchev–Trinajstić information content (AvgIpc) is 2.87. The highest BCUT2D eigenvalue weighted by Gasteiger charge is 2.47. The fourth-order valence-corrected chi connectivity index (χ4v) is 3.49. The van der Waals surface area contributed by atoms with Crippen LogP contribution < -0.4 is 14.8 Å². The van der Waals surface area contributed by atoms with E-state index < -0.39 is 5.91 Å². The highest BCUT2D eigenvalue weighted by molar-refractivity contribution is 6.08. The van der Waals surface area contributed by atoms with Crippen LogP contribution in [-0.4, -0.2) is 42.4 Å². The zero-order valence-electron chi connectivity index (χ0n) is 13.6. The van der Waals surface area contributed by atoms with Crippen LogP contribution in [0.3, 0.4) is 0 Å². The fraction of sp³-hybridized carbons (Fsp3) is 0.389. The number of nitrogens with zero attached hydrogens (tertiary/aromatic N) is 1. The van der Waals surface area contributed by atoms with E-state index in [1.807, 2.05) is 12.2 Å². The van der Waals surface area contributed by atoms with Gasteiger partial charge in [-0.1, -0.05) is 12.2 Å². The molecule has 1 aliphatic carbocycles. The predicted molar refractivity (Wildman–Crippen MR) is 88.1 cm³/mol. The molecule has 1 aromatic rings. The minimum atomic E-state index is -0.412. The monoisotopic (exact) mass is 342 g/mol. The van der Waals surface area contributed by atoms with Gasteiger partial charge in [0.25, 0.3) is 0 Å². The summed E-state index contributed by atoms with van der Waals surface area (Å²) >= 11 is 0. The lowest BCUT2D eigenvalue weighted by Gasteiger charge is -2.19. The van der Waals surface area contributed by atoms with Crippen LogP contribution in [0.2, 0.25) is 0 Å². The first kappa shape index (κ1) is 15.7. The maximum Gasteiger partial charge on any atom is 0.244 e. The molecule has 7 nitrogen and oxygen atoms in total. The largest absolute Gasteiger partial charge is 0.486 e. The van der Waals surface area contributed by atoms with Crippen LogP contribution in [0.5, 0.6) is 11.5 Å². The molecule has 0 aromatic heterocycles. The van der Waals surface area contributed by atoms with Crippen molar-refractivity contribution >= 4 is 23.4 Å². The van der Waals surface area contributed by atoms with Gasteiger partial charge in [-0.2, -0.15) is 0 Å². The van der Waals surface area contributed by atoms with E-state index in [-0.39, 0.29) is 30.2 Å². The minimum Gasteiger partial charge on any atom is -0.486 e. The van der Waals surface area contributed by atoms with Gasteiger partial charge in [0.05, 0.1) is 11.8 Å². The summed E-state index contributed by atoms with van der Waals surface area (Å²) in [5.41, 5.74) is 0.535. The molecule has 1 fully saturated rings. The lowest BCUT2D eigenvalue weighted by atomic mass is 9.85. The molecule has 0 spiro atoms. The van der Waals surface area contributed by atoms with Crippen LogP contribution in [0, 0.1) is 11.8 Å². The molecule has 0 bridgehead atoms. The molecule has 0 unspecified atom stereocenters. The molecule has 1 saturated heterocycles. The predicted octanol–water partition coefficient (Wildman–Crippen LogP) is 1.35. The summed E-state index contributed by atoms with van der Waals surface area (Å²) in [5.74, 6) is -0.363. The molecule has 2 aliphatic heterocycles. The third-order valence-corrected chi connectivity index (χ3v) is 4.73. The van der Waals surface area contributed by atoms with Gasteiger partial charge in [0.2, 0.25) is 17.7 Å². The molecule has 0 radical (unpaired) electrons. The summed E-state index contributed by atoms with van der Waals surface area (Å²) in [6, 6.07) is 5.09. The quantitative estimate of drug-likeness (QED) is 0.662. The Hall–Kier alpha value is -2.83. The molecular weight excluding hydrogens is 324 g/mol. The van der Waals surface area contributed by atoms with Crippen molar-refractivity contribution in [1.29, 1.82) is 0 Å². The molecule has 7 heteroatoms. The molecule has 25 heavy (non-hydrogen) atoms. The van der Waals surface area contributed by atoms with Gasteiger partial charge in [-0.05, 0) is 25.0 Å². The Balaban J connectivity index is 1.42. The van der Waals surface area contributed by atoms with Crippen molar-refractivity contribution in [2.45, 2.75) is 12.8 Å². The Labute approximate surface area is 144 Å². The summed E-state index contributed by atoms with van der Waals surface area (Å²) in [6.07, 6.45) is 4.97. The van der Waals surface area contributed by atoms with Crippen molar-refractivity contribution in [2.24, 2.45) is 11.8 Å². The Morgan fingerprint density at radius 2 is 1.68 bits per heavy atom. The van der Waals surface area contributed by atoms with Gasteiger partial charge >= 0.3 is 0 Å². The molecule has 3 aliphatic rings. The number of amides is 3. The number of carbonyl (C=O) groups excluding carboxylic acids is 3. The zero-order valence-corrected chi connectivity index (χ0v) is 13.6. The number of hydrogen-bond acceptors (Lipinski definition) is 5. The standard InChI is InChI=1S/C18H18N2O5/c21-16(19-11-5-6-14-15(9-11)25-8-7-24-14)10-20-17(22)12-3-1-2-4-13(12)18(20)23/h1-2,5-6,9,12-13H,3-4,7-8,10H2,(H,19,21)/t12-,13+. The summed E-state index contributed by atoms with van der Waals surface area (Å²) in [6.45, 7) is 0.687. The Morgan fingerprint density at radius 1 is 1.04 bits per heavy atom. The third kappa shape index (κ3) is 2.86. The zero-order chi connectivity index (χ0) is 17.4. The molecular formula is C18H18N2O5. The first-order chi connectivity index (χ1) is 12.1. The van der Waals surface area contributed by atoms with Crippen molar-refractivity contribution in [1.82, 2.24) is 4.90 Å². The van der Waals surface area contributed by atoms with E-state index in [0.717, 1.165) is 4.90 Å². The van der Waals surface area contributed by atoms with E-state index in [1.165, 1.54) is 0 Å². The molecule has 1 aromatic carbocycles. The lowest BCUT2D eigenvalue weighted by molar-refractivity contribution is -0.142. The second-order valence-electron chi connectivity index (χ2n) is 6.33. The van der Waals surface area contributed by atoms with Gasteiger partial charge in [-0.25, -0.2) is 0 Å². The molecule has 130 valence electrons. The third-order valence-electron chi connectivity index (χ3n) is 4.73. The number of hydrogen-bond donors (Lipinski definition) is 1.